The van der Waals surface area contributed by atoms with Crippen molar-refractivity contribution in [2.75, 3.05) is 18.5 Å². The average Bonchev–Trinajstić information content (AvgIpc) is 3.25. The molecule has 28 heavy (non-hydrogen) atoms. The van der Waals surface area contributed by atoms with Crippen LogP contribution < -0.4 is 10.1 Å². The fourth-order valence-corrected chi connectivity index (χ4v) is 4.60. The normalized spacial score (nSPS) is 12.9. The van der Waals surface area contributed by atoms with Crippen molar-refractivity contribution in [3.8, 4) is 17.0 Å². The molecule has 0 spiro atoms. The average molecular weight is 385 g/mol. The van der Waals surface area contributed by atoms with Crippen molar-refractivity contribution >= 4 is 17.0 Å². The zero-order valence-electron chi connectivity index (χ0n) is 15.3. The molecule has 5 rings (SSSR count). The van der Waals surface area contributed by atoms with Gasteiger partial charge in [-0.3, -0.25) is 0 Å². The number of benzene rings is 3. The maximum absolute atomic E-state index is 5.69. The molecule has 0 bridgehead atoms. The number of nitrogens with one attached hydrogen (secondary N) is 1. The van der Waals surface area contributed by atoms with Crippen molar-refractivity contribution in [3.05, 3.63) is 100 Å². The Balaban J connectivity index is 1.54. The highest BCUT2D eigenvalue weighted by atomic mass is 32.1. The third-order valence-electron chi connectivity index (χ3n) is 4.99. The minimum absolute atomic E-state index is 0.139. The molecule has 138 valence electrons. The number of hydrogen-bond donors (Lipinski definition) is 1. The molecule has 0 aliphatic carbocycles. The molecule has 1 N–H and O–H groups in total. The Morgan fingerprint density at radius 2 is 1.61 bits per heavy atom. The molecule has 4 aromatic rings. The summed E-state index contributed by atoms with van der Waals surface area (Å²) in [6.07, 6.45) is 0. The maximum atomic E-state index is 5.69. The summed E-state index contributed by atoms with van der Waals surface area (Å²) in [4.78, 5) is 5.03. The molecule has 0 unspecified atom stereocenters. The Kier molecular flexibility index (Phi) is 4.55. The Hall–Kier alpha value is -3.11. The summed E-state index contributed by atoms with van der Waals surface area (Å²) in [5.74, 6) is 1.05. The fraction of sp³-hybridized carbons (Fsp3) is 0.125. The van der Waals surface area contributed by atoms with Gasteiger partial charge in [0.25, 0.3) is 0 Å². The number of thiazole rings is 1. The summed E-state index contributed by atoms with van der Waals surface area (Å²) in [5.41, 5.74) is 5.68. The lowest BCUT2D eigenvalue weighted by Crippen LogP contribution is -2.17. The van der Waals surface area contributed by atoms with Crippen LogP contribution in [0.15, 0.2) is 84.2 Å². The lowest BCUT2D eigenvalue weighted by molar-refractivity contribution is 0.323. The van der Waals surface area contributed by atoms with E-state index in [1.165, 1.54) is 11.1 Å². The Bertz CT molecular complexity index is 1040. The molecule has 4 heteroatoms. The second-order valence-corrected chi connectivity index (χ2v) is 7.70. The van der Waals surface area contributed by atoms with E-state index >= 15 is 0 Å². The molecule has 2 heterocycles. The molecular weight excluding hydrogens is 364 g/mol. The molecular formula is C24H20N2OS. The molecule has 0 saturated carbocycles. The number of aromatic nitrogens is 1. The quantitative estimate of drug-likeness (QED) is 0.483. The molecule has 0 radical (unpaired) electrons. The highest BCUT2D eigenvalue weighted by Crippen LogP contribution is 2.37. The predicted molar refractivity (Wildman–Crippen MR) is 115 cm³/mol. The van der Waals surface area contributed by atoms with E-state index < -0.39 is 0 Å². The van der Waals surface area contributed by atoms with Crippen LogP contribution in [0.25, 0.3) is 11.3 Å². The van der Waals surface area contributed by atoms with Crippen molar-refractivity contribution in [1.29, 1.82) is 0 Å². The van der Waals surface area contributed by atoms with Gasteiger partial charge in [0.1, 0.15) is 17.4 Å². The first-order chi connectivity index (χ1) is 13.9. The molecule has 0 atom stereocenters. The van der Waals surface area contributed by atoms with E-state index in [-0.39, 0.29) is 5.92 Å². The molecule has 1 aliphatic heterocycles. The maximum Gasteiger partial charge on any atom is 0.142 e. The van der Waals surface area contributed by atoms with Gasteiger partial charge in [-0.2, -0.15) is 0 Å². The summed E-state index contributed by atoms with van der Waals surface area (Å²) in [5, 5.41) is 6.66. The first-order valence-corrected chi connectivity index (χ1v) is 10.3. The van der Waals surface area contributed by atoms with Gasteiger partial charge in [0.15, 0.2) is 0 Å². The SMILES string of the molecule is c1ccc(C(c2ccccc2)c2nc(-c3ccc4c(c3)NCCO4)cs2)cc1. The third-order valence-corrected chi connectivity index (χ3v) is 5.89. The number of hydrogen-bond acceptors (Lipinski definition) is 4. The van der Waals surface area contributed by atoms with Crippen LogP contribution in [-0.4, -0.2) is 18.1 Å². The number of rotatable bonds is 4. The number of ether oxygens (including phenoxy) is 1. The first-order valence-electron chi connectivity index (χ1n) is 9.45. The minimum Gasteiger partial charge on any atom is -0.490 e. The summed E-state index contributed by atoms with van der Waals surface area (Å²) in [7, 11) is 0. The van der Waals surface area contributed by atoms with Crippen LogP contribution in [0, 0.1) is 0 Å². The van der Waals surface area contributed by atoms with E-state index in [9.17, 15) is 0 Å². The zero-order valence-corrected chi connectivity index (χ0v) is 16.2. The fourth-order valence-electron chi connectivity index (χ4n) is 3.62. The van der Waals surface area contributed by atoms with Crippen molar-refractivity contribution in [2.24, 2.45) is 0 Å². The first kappa shape index (κ1) is 17.0. The second kappa shape index (κ2) is 7.49. The van der Waals surface area contributed by atoms with Gasteiger partial charge in [0.05, 0.1) is 17.3 Å². The number of anilines is 1. The van der Waals surface area contributed by atoms with Crippen LogP contribution in [0.5, 0.6) is 5.75 Å². The molecule has 1 aromatic heterocycles. The zero-order chi connectivity index (χ0) is 18.8. The second-order valence-electron chi connectivity index (χ2n) is 6.81. The highest BCUT2D eigenvalue weighted by molar-refractivity contribution is 7.10. The lowest BCUT2D eigenvalue weighted by atomic mass is 9.92. The minimum atomic E-state index is 0.139. The van der Waals surface area contributed by atoms with Crippen molar-refractivity contribution < 1.29 is 4.74 Å². The van der Waals surface area contributed by atoms with Gasteiger partial charge in [0, 0.05) is 17.5 Å². The standard InChI is InChI=1S/C24H20N2OS/c1-3-7-17(8-4-1)23(18-9-5-2-6-10-18)24-26-21(16-28-24)19-11-12-22-20(15-19)25-13-14-27-22/h1-12,15-16,23,25H,13-14H2. The van der Waals surface area contributed by atoms with E-state index in [4.69, 9.17) is 9.72 Å². The van der Waals surface area contributed by atoms with E-state index in [2.05, 4.69) is 83.5 Å². The Morgan fingerprint density at radius 3 is 2.32 bits per heavy atom. The number of fused-ring (bicyclic) bond motifs is 1. The van der Waals surface area contributed by atoms with Crippen LogP contribution in [0.3, 0.4) is 0 Å². The third kappa shape index (κ3) is 3.27. The van der Waals surface area contributed by atoms with Gasteiger partial charge in [-0.05, 0) is 29.3 Å². The molecule has 1 aliphatic rings. The van der Waals surface area contributed by atoms with Crippen molar-refractivity contribution in [1.82, 2.24) is 4.98 Å². The molecule has 0 saturated heterocycles. The van der Waals surface area contributed by atoms with Crippen LogP contribution >= 0.6 is 11.3 Å². The summed E-state index contributed by atoms with van der Waals surface area (Å²) >= 11 is 1.72. The van der Waals surface area contributed by atoms with Gasteiger partial charge < -0.3 is 10.1 Å². The van der Waals surface area contributed by atoms with Gasteiger partial charge >= 0.3 is 0 Å². The molecule has 0 amide bonds. The van der Waals surface area contributed by atoms with E-state index in [0.717, 1.165) is 34.2 Å². The van der Waals surface area contributed by atoms with Crippen LogP contribution in [0.2, 0.25) is 0 Å². The highest BCUT2D eigenvalue weighted by Gasteiger charge is 2.21. The van der Waals surface area contributed by atoms with E-state index in [0.29, 0.717) is 6.61 Å². The topological polar surface area (TPSA) is 34.2 Å². The van der Waals surface area contributed by atoms with Crippen LogP contribution in [0.1, 0.15) is 22.1 Å². The molecule has 3 nitrogen and oxygen atoms in total. The largest absolute Gasteiger partial charge is 0.490 e. The smallest absolute Gasteiger partial charge is 0.142 e. The van der Waals surface area contributed by atoms with E-state index in [1.807, 2.05) is 6.07 Å². The van der Waals surface area contributed by atoms with Gasteiger partial charge in [-0.15, -0.1) is 11.3 Å². The van der Waals surface area contributed by atoms with Crippen molar-refractivity contribution in [3.63, 3.8) is 0 Å². The van der Waals surface area contributed by atoms with Crippen LogP contribution in [0.4, 0.5) is 5.69 Å². The molecule has 3 aromatic carbocycles. The lowest BCUT2D eigenvalue weighted by Gasteiger charge is -2.19. The summed E-state index contributed by atoms with van der Waals surface area (Å²) in [6, 6.07) is 27.4. The predicted octanol–water partition coefficient (Wildman–Crippen LogP) is 5.79. The van der Waals surface area contributed by atoms with Crippen molar-refractivity contribution in [2.45, 2.75) is 5.92 Å². The molecule has 0 fully saturated rings. The van der Waals surface area contributed by atoms with Crippen LogP contribution in [-0.2, 0) is 0 Å². The summed E-state index contributed by atoms with van der Waals surface area (Å²) < 4.78 is 5.69. The number of nitrogens with zero attached hydrogens (tertiary/aromatic N) is 1. The van der Waals surface area contributed by atoms with Gasteiger partial charge in [0.2, 0.25) is 0 Å². The Labute approximate surface area is 168 Å². The summed E-state index contributed by atoms with van der Waals surface area (Å²) in [6.45, 7) is 1.55. The van der Waals surface area contributed by atoms with E-state index in [1.54, 1.807) is 11.3 Å². The monoisotopic (exact) mass is 384 g/mol. The van der Waals surface area contributed by atoms with Gasteiger partial charge in [-0.1, -0.05) is 60.7 Å². The van der Waals surface area contributed by atoms with Gasteiger partial charge in [-0.25, -0.2) is 4.98 Å². The Morgan fingerprint density at radius 1 is 0.893 bits per heavy atom.